The summed E-state index contributed by atoms with van der Waals surface area (Å²) in [5, 5.41) is 11.6. The molecule has 0 aliphatic heterocycles. The van der Waals surface area contributed by atoms with E-state index in [1.165, 1.54) is 12.8 Å². The Balaban J connectivity index is 1.92. The average molecular weight is 280 g/mol. The van der Waals surface area contributed by atoms with Crippen LogP contribution in [-0.4, -0.2) is 31.0 Å². The number of fused-ring (bicyclic) bond motifs is 1. The molecule has 5 nitrogen and oxygen atoms in total. The van der Waals surface area contributed by atoms with Crippen molar-refractivity contribution in [3.05, 3.63) is 18.7 Å². The summed E-state index contributed by atoms with van der Waals surface area (Å²) < 4.78 is 1.86. The van der Waals surface area contributed by atoms with Gasteiger partial charge in [0.25, 0.3) is 0 Å². The van der Waals surface area contributed by atoms with Gasteiger partial charge in [-0.25, -0.2) is 4.98 Å². The number of nitrogens with one attached hydrogen (secondary N) is 1. The van der Waals surface area contributed by atoms with Crippen molar-refractivity contribution in [2.75, 3.05) is 11.2 Å². The van der Waals surface area contributed by atoms with Crippen molar-refractivity contribution in [1.82, 2.24) is 19.6 Å². The third kappa shape index (κ3) is 2.39. The summed E-state index contributed by atoms with van der Waals surface area (Å²) in [6, 6.07) is 0. The third-order valence-electron chi connectivity index (χ3n) is 3.95. The minimum absolute atomic E-state index is 0.0694. The van der Waals surface area contributed by atoms with E-state index in [1.807, 2.05) is 10.6 Å². The predicted molar refractivity (Wildman–Crippen MR) is 75.5 cm³/mol. The number of nitrogens with zero attached hydrogens (tertiary/aromatic N) is 4. The molecule has 0 radical (unpaired) electrons. The highest BCUT2D eigenvalue weighted by Gasteiger charge is 2.35. The zero-order valence-corrected chi connectivity index (χ0v) is 11.8. The SMILES string of the molecule is CC1CCCC(CCl)(Nc2nccn3cnnc23)C1. The number of aromatic nitrogens is 4. The first-order valence-electron chi connectivity index (χ1n) is 6.71. The van der Waals surface area contributed by atoms with Gasteiger partial charge in [0.1, 0.15) is 6.33 Å². The van der Waals surface area contributed by atoms with Gasteiger partial charge in [-0.2, -0.15) is 0 Å². The van der Waals surface area contributed by atoms with E-state index >= 15 is 0 Å². The third-order valence-corrected chi connectivity index (χ3v) is 4.46. The van der Waals surface area contributed by atoms with E-state index in [9.17, 15) is 0 Å². The quantitative estimate of drug-likeness (QED) is 0.878. The van der Waals surface area contributed by atoms with Crippen molar-refractivity contribution in [2.24, 2.45) is 5.92 Å². The zero-order valence-electron chi connectivity index (χ0n) is 11.0. The number of alkyl halides is 1. The molecule has 2 unspecified atom stereocenters. The molecule has 6 heteroatoms. The normalized spacial score (nSPS) is 27.6. The van der Waals surface area contributed by atoms with Gasteiger partial charge in [-0.3, -0.25) is 4.40 Å². The standard InChI is InChI=1S/C13H18ClN5/c1-10-3-2-4-13(7-10,8-14)17-11-12-18-16-9-19(12)6-5-15-11/h5-6,9-10H,2-4,7-8H2,1H3,(H,15,17). The molecule has 0 spiro atoms. The molecule has 1 aliphatic carbocycles. The van der Waals surface area contributed by atoms with Crippen LogP contribution in [0.2, 0.25) is 0 Å². The molecule has 1 N–H and O–H groups in total. The van der Waals surface area contributed by atoms with Gasteiger partial charge in [0, 0.05) is 18.3 Å². The van der Waals surface area contributed by atoms with Crippen molar-refractivity contribution in [1.29, 1.82) is 0 Å². The molecule has 2 aromatic rings. The number of rotatable bonds is 3. The molecule has 1 fully saturated rings. The maximum absolute atomic E-state index is 6.24. The maximum Gasteiger partial charge on any atom is 0.203 e. The summed E-state index contributed by atoms with van der Waals surface area (Å²) in [6.45, 7) is 2.28. The Morgan fingerprint density at radius 3 is 3.26 bits per heavy atom. The lowest BCUT2D eigenvalue weighted by molar-refractivity contribution is 0.279. The Kier molecular flexibility index (Phi) is 3.31. The van der Waals surface area contributed by atoms with Crippen LogP contribution in [0.5, 0.6) is 0 Å². The second-order valence-electron chi connectivity index (χ2n) is 5.58. The molecule has 0 amide bonds. The van der Waals surface area contributed by atoms with Crippen LogP contribution in [0, 0.1) is 5.92 Å². The van der Waals surface area contributed by atoms with E-state index in [-0.39, 0.29) is 5.54 Å². The highest BCUT2D eigenvalue weighted by atomic mass is 35.5. The van der Waals surface area contributed by atoms with Crippen LogP contribution in [0.15, 0.2) is 18.7 Å². The van der Waals surface area contributed by atoms with Gasteiger partial charge in [0.15, 0.2) is 5.82 Å². The lowest BCUT2D eigenvalue weighted by Gasteiger charge is -2.39. The molecular weight excluding hydrogens is 262 g/mol. The zero-order chi connectivity index (χ0) is 13.3. The molecule has 0 aromatic carbocycles. The number of hydrogen-bond acceptors (Lipinski definition) is 4. The van der Waals surface area contributed by atoms with Gasteiger partial charge in [-0.1, -0.05) is 19.8 Å². The molecule has 2 aromatic heterocycles. The molecule has 1 aliphatic rings. The fourth-order valence-electron chi connectivity index (χ4n) is 3.03. The van der Waals surface area contributed by atoms with Gasteiger partial charge in [0.2, 0.25) is 5.65 Å². The van der Waals surface area contributed by atoms with E-state index < -0.39 is 0 Å². The van der Waals surface area contributed by atoms with Crippen LogP contribution in [-0.2, 0) is 0 Å². The molecule has 2 heterocycles. The Morgan fingerprint density at radius 1 is 1.58 bits per heavy atom. The topological polar surface area (TPSA) is 55.1 Å². The van der Waals surface area contributed by atoms with Crippen LogP contribution in [0.25, 0.3) is 5.65 Å². The first-order valence-corrected chi connectivity index (χ1v) is 7.24. The summed E-state index contributed by atoms with van der Waals surface area (Å²) in [4.78, 5) is 4.40. The summed E-state index contributed by atoms with van der Waals surface area (Å²) in [6.07, 6.45) is 9.92. The minimum Gasteiger partial charge on any atom is -0.360 e. The lowest BCUT2D eigenvalue weighted by Crippen LogP contribution is -2.44. The van der Waals surface area contributed by atoms with Crippen molar-refractivity contribution in [3.8, 4) is 0 Å². The highest BCUT2D eigenvalue weighted by Crippen LogP contribution is 2.36. The fourth-order valence-corrected chi connectivity index (χ4v) is 3.34. The minimum atomic E-state index is -0.0694. The van der Waals surface area contributed by atoms with Crippen molar-refractivity contribution >= 4 is 23.1 Å². The summed E-state index contributed by atoms with van der Waals surface area (Å²) >= 11 is 6.24. The second-order valence-corrected chi connectivity index (χ2v) is 5.85. The molecular formula is C13H18ClN5. The van der Waals surface area contributed by atoms with Crippen LogP contribution in [0.1, 0.15) is 32.6 Å². The number of anilines is 1. The number of halogens is 1. The first kappa shape index (κ1) is 12.7. The van der Waals surface area contributed by atoms with E-state index in [4.69, 9.17) is 11.6 Å². The Morgan fingerprint density at radius 2 is 2.47 bits per heavy atom. The van der Waals surface area contributed by atoms with Gasteiger partial charge >= 0.3 is 0 Å². The second kappa shape index (κ2) is 4.96. The van der Waals surface area contributed by atoms with E-state index in [0.29, 0.717) is 11.8 Å². The number of hydrogen-bond donors (Lipinski definition) is 1. The van der Waals surface area contributed by atoms with Crippen molar-refractivity contribution < 1.29 is 0 Å². The van der Waals surface area contributed by atoms with Crippen molar-refractivity contribution in [2.45, 2.75) is 38.1 Å². The predicted octanol–water partition coefficient (Wildman–Crippen LogP) is 2.72. The molecule has 1 saturated carbocycles. The molecule has 2 atom stereocenters. The summed E-state index contributed by atoms with van der Waals surface area (Å²) in [5.41, 5.74) is 0.685. The van der Waals surface area contributed by atoms with Gasteiger partial charge in [0.05, 0.1) is 5.54 Å². The summed E-state index contributed by atoms with van der Waals surface area (Å²) in [5.74, 6) is 2.06. The van der Waals surface area contributed by atoms with Crippen LogP contribution >= 0.6 is 11.6 Å². The van der Waals surface area contributed by atoms with E-state index in [2.05, 4.69) is 27.4 Å². The Hall–Kier alpha value is -1.36. The van der Waals surface area contributed by atoms with Crippen LogP contribution in [0.4, 0.5) is 5.82 Å². The summed E-state index contributed by atoms with van der Waals surface area (Å²) in [7, 11) is 0. The largest absolute Gasteiger partial charge is 0.360 e. The monoisotopic (exact) mass is 279 g/mol. The first-order chi connectivity index (χ1) is 9.22. The van der Waals surface area contributed by atoms with Gasteiger partial charge in [-0.15, -0.1) is 21.8 Å². The van der Waals surface area contributed by atoms with Crippen LogP contribution < -0.4 is 5.32 Å². The van der Waals surface area contributed by atoms with Crippen LogP contribution in [0.3, 0.4) is 0 Å². The molecule has 3 rings (SSSR count). The molecule has 0 saturated heterocycles. The Labute approximate surface area is 117 Å². The maximum atomic E-state index is 6.24. The highest BCUT2D eigenvalue weighted by molar-refractivity contribution is 6.18. The fraction of sp³-hybridized carbons (Fsp3) is 0.615. The van der Waals surface area contributed by atoms with E-state index in [0.717, 1.165) is 24.3 Å². The lowest BCUT2D eigenvalue weighted by atomic mass is 9.77. The molecule has 0 bridgehead atoms. The average Bonchev–Trinajstić information content (AvgIpc) is 2.88. The Bertz CT molecular complexity index is 569. The van der Waals surface area contributed by atoms with E-state index in [1.54, 1.807) is 12.5 Å². The van der Waals surface area contributed by atoms with Crippen molar-refractivity contribution in [3.63, 3.8) is 0 Å². The molecule has 19 heavy (non-hydrogen) atoms. The smallest absolute Gasteiger partial charge is 0.203 e. The van der Waals surface area contributed by atoms with Gasteiger partial charge < -0.3 is 5.32 Å². The van der Waals surface area contributed by atoms with Gasteiger partial charge in [-0.05, 0) is 18.8 Å². The molecule has 102 valence electrons.